The van der Waals surface area contributed by atoms with Crippen molar-refractivity contribution >= 4 is 29.2 Å². The van der Waals surface area contributed by atoms with Crippen molar-refractivity contribution in [2.75, 3.05) is 32.8 Å². The summed E-state index contributed by atoms with van der Waals surface area (Å²) in [5.74, 6) is -0.235. The third-order valence-electron chi connectivity index (χ3n) is 7.60. The summed E-state index contributed by atoms with van der Waals surface area (Å²) in [6.07, 6.45) is 11.2. The maximum absolute atomic E-state index is 13.2. The van der Waals surface area contributed by atoms with Crippen LogP contribution in [0.2, 0.25) is 5.02 Å². The van der Waals surface area contributed by atoms with Crippen molar-refractivity contribution in [3.05, 3.63) is 82.6 Å². The Balaban J connectivity index is 1.74. The fraction of sp³-hybridized carbons (Fsp3) is 0.485. The molecule has 1 aliphatic carbocycles. The van der Waals surface area contributed by atoms with E-state index in [0.29, 0.717) is 37.6 Å². The molecule has 2 amide bonds. The number of ether oxygens (including phenoxy) is 2. The lowest BCUT2D eigenvalue weighted by Crippen LogP contribution is -2.50. The zero-order chi connectivity index (χ0) is 32.0. The number of amides is 2. The summed E-state index contributed by atoms with van der Waals surface area (Å²) in [5, 5.41) is 3.80. The Kier molecular flexibility index (Phi) is 10.9. The van der Waals surface area contributed by atoms with E-state index >= 15 is 0 Å². The fourth-order valence-corrected chi connectivity index (χ4v) is 5.72. The molecule has 1 fully saturated rings. The molecule has 2 atom stereocenters. The number of nitrogens with two attached hydrogens (primary N) is 1. The average molecular weight is 625 g/mol. The number of hydrogen-bond acceptors (Lipinski definition) is 7. The fourth-order valence-electron chi connectivity index (χ4n) is 5.54. The standard InChI is InChI=1S/C33H45ClN6O4/c1-22(2)43-20-30(41)37-31(29-19-36-21-38(29)6)27-16-23(8-7-11-35)17-28(25-10-9-24(34)18-26(25)27)39-12-14-40(15-13-39)32(42)44-33(3,4)5/h7-11,16,18-19,21-22,28,31H,12-15,17,20,35H2,1-6H3,(H,37,41)/b11-7-,23-8-/t28-,31-/m1/s1. The van der Waals surface area contributed by atoms with Crippen molar-refractivity contribution in [3.63, 3.8) is 0 Å². The Bertz CT molecular complexity index is 1420. The minimum absolute atomic E-state index is 0.0126. The first-order valence-electron chi connectivity index (χ1n) is 15.0. The summed E-state index contributed by atoms with van der Waals surface area (Å²) in [7, 11) is 1.91. The number of hydrogen-bond donors (Lipinski definition) is 2. The minimum atomic E-state index is -0.549. The number of fused-ring (bicyclic) bond motifs is 1. The van der Waals surface area contributed by atoms with Crippen molar-refractivity contribution in [2.24, 2.45) is 12.8 Å². The average Bonchev–Trinajstić information content (AvgIpc) is 3.32. The molecule has 0 unspecified atom stereocenters. The Morgan fingerprint density at radius 3 is 2.55 bits per heavy atom. The molecule has 1 aromatic heterocycles. The first kappa shape index (κ1) is 33.3. The topological polar surface area (TPSA) is 115 Å². The molecule has 1 saturated heterocycles. The largest absolute Gasteiger partial charge is 0.444 e. The Morgan fingerprint density at radius 1 is 1.20 bits per heavy atom. The third kappa shape index (κ3) is 8.52. The van der Waals surface area contributed by atoms with Crippen LogP contribution in [0.3, 0.4) is 0 Å². The van der Waals surface area contributed by atoms with Gasteiger partial charge in [-0.3, -0.25) is 9.69 Å². The van der Waals surface area contributed by atoms with E-state index in [0.717, 1.165) is 28.0 Å². The van der Waals surface area contributed by atoms with E-state index in [9.17, 15) is 9.59 Å². The number of aryl methyl sites for hydroxylation is 1. The molecule has 1 aromatic carbocycles. The number of piperazine rings is 1. The summed E-state index contributed by atoms with van der Waals surface area (Å²) in [4.78, 5) is 34.5. The van der Waals surface area contributed by atoms with Crippen LogP contribution in [0.25, 0.3) is 5.57 Å². The molecule has 4 rings (SSSR count). The van der Waals surface area contributed by atoms with E-state index in [1.807, 2.05) is 70.5 Å². The molecular formula is C33H45ClN6O4. The van der Waals surface area contributed by atoms with Gasteiger partial charge in [-0.15, -0.1) is 0 Å². The summed E-state index contributed by atoms with van der Waals surface area (Å²) in [6, 6.07) is 5.40. The van der Waals surface area contributed by atoms with Gasteiger partial charge in [0.15, 0.2) is 0 Å². The molecule has 0 spiro atoms. The zero-order valence-electron chi connectivity index (χ0n) is 26.5. The van der Waals surface area contributed by atoms with Gasteiger partial charge >= 0.3 is 6.09 Å². The Labute approximate surface area is 265 Å². The highest BCUT2D eigenvalue weighted by molar-refractivity contribution is 6.30. The van der Waals surface area contributed by atoms with Crippen molar-refractivity contribution in [1.82, 2.24) is 24.7 Å². The Hall–Kier alpha value is -3.60. The Morgan fingerprint density at radius 2 is 1.93 bits per heavy atom. The first-order valence-corrected chi connectivity index (χ1v) is 15.4. The molecule has 10 nitrogen and oxygen atoms in total. The molecule has 2 heterocycles. The van der Waals surface area contributed by atoms with Gasteiger partial charge in [-0.2, -0.15) is 0 Å². The number of rotatable bonds is 8. The molecule has 44 heavy (non-hydrogen) atoms. The number of carbonyl (C=O) groups excluding carboxylic acids is 2. The highest BCUT2D eigenvalue weighted by atomic mass is 35.5. The number of benzene rings is 1. The molecule has 2 aromatic rings. The summed E-state index contributed by atoms with van der Waals surface area (Å²) < 4.78 is 13.1. The number of nitrogens with zero attached hydrogens (tertiary/aromatic N) is 4. The van der Waals surface area contributed by atoms with Gasteiger partial charge in [0.1, 0.15) is 12.2 Å². The zero-order valence-corrected chi connectivity index (χ0v) is 27.3. The van der Waals surface area contributed by atoms with Gasteiger partial charge < -0.3 is 30.0 Å². The van der Waals surface area contributed by atoms with E-state index in [1.165, 1.54) is 6.20 Å². The maximum Gasteiger partial charge on any atom is 0.410 e. The van der Waals surface area contributed by atoms with Crippen LogP contribution in [-0.2, 0) is 21.3 Å². The van der Waals surface area contributed by atoms with Crippen LogP contribution in [0.5, 0.6) is 0 Å². The molecule has 2 aliphatic rings. The number of imidazole rings is 1. The number of carbonyl (C=O) groups is 2. The summed E-state index contributed by atoms with van der Waals surface area (Å²) in [5.41, 5.74) is 9.98. The molecule has 3 N–H and O–H groups in total. The van der Waals surface area contributed by atoms with Crippen LogP contribution >= 0.6 is 11.6 Å². The predicted molar refractivity (Wildman–Crippen MR) is 173 cm³/mol. The quantitative estimate of drug-likeness (QED) is 0.418. The molecular weight excluding hydrogens is 580 g/mol. The van der Waals surface area contributed by atoms with Crippen LogP contribution in [0.1, 0.15) is 69.9 Å². The second kappa shape index (κ2) is 14.5. The highest BCUT2D eigenvalue weighted by Gasteiger charge is 2.35. The molecule has 238 valence electrons. The number of nitrogens with one attached hydrogen (secondary N) is 1. The molecule has 0 bridgehead atoms. The van der Waals surface area contributed by atoms with E-state index < -0.39 is 11.6 Å². The number of aromatic nitrogens is 2. The van der Waals surface area contributed by atoms with Crippen molar-refractivity contribution in [1.29, 1.82) is 0 Å². The summed E-state index contributed by atoms with van der Waals surface area (Å²) in [6.45, 7) is 11.8. The first-order chi connectivity index (χ1) is 20.9. The van der Waals surface area contributed by atoms with Gasteiger partial charge in [0.25, 0.3) is 0 Å². The number of halogens is 1. The van der Waals surface area contributed by atoms with Gasteiger partial charge in [0.2, 0.25) is 5.91 Å². The smallest absolute Gasteiger partial charge is 0.410 e. The second-order valence-electron chi connectivity index (χ2n) is 12.5. The summed E-state index contributed by atoms with van der Waals surface area (Å²) >= 11 is 6.64. The molecule has 11 heteroatoms. The van der Waals surface area contributed by atoms with Crippen LogP contribution < -0.4 is 11.1 Å². The van der Waals surface area contributed by atoms with Gasteiger partial charge in [0, 0.05) is 44.3 Å². The van der Waals surface area contributed by atoms with E-state index in [4.69, 9.17) is 26.8 Å². The monoisotopic (exact) mass is 624 g/mol. The third-order valence-corrected chi connectivity index (χ3v) is 7.83. The van der Waals surface area contributed by atoms with Crippen molar-refractivity contribution < 1.29 is 19.1 Å². The van der Waals surface area contributed by atoms with Crippen molar-refractivity contribution in [3.8, 4) is 0 Å². The van der Waals surface area contributed by atoms with Gasteiger partial charge in [-0.05, 0) is 87.7 Å². The van der Waals surface area contributed by atoms with Gasteiger partial charge in [0.05, 0.1) is 30.4 Å². The maximum atomic E-state index is 13.2. The van der Waals surface area contributed by atoms with Crippen LogP contribution in [0, 0.1) is 0 Å². The van der Waals surface area contributed by atoms with Crippen molar-refractivity contribution in [2.45, 2.75) is 64.8 Å². The van der Waals surface area contributed by atoms with Crippen LogP contribution in [0.15, 0.2) is 60.7 Å². The predicted octanol–water partition coefficient (Wildman–Crippen LogP) is 5.14. The SMILES string of the molecule is CC(C)OCC(=O)N[C@H](C1=C/C(=C/C=C\N)C[C@@H](N2CCN(C(=O)OC(C)(C)C)CC2)c2ccc(Cl)cc21)c1cncn1C. The van der Waals surface area contributed by atoms with E-state index in [2.05, 4.69) is 27.3 Å². The van der Waals surface area contributed by atoms with E-state index in [1.54, 1.807) is 17.4 Å². The van der Waals surface area contributed by atoms with E-state index in [-0.39, 0.29) is 30.8 Å². The second-order valence-corrected chi connectivity index (χ2v) is 12.9. The van der Waals surface area contributed by atoms with Gasteiger partial charge in [-0.25, -0.2) is 9.78 Å². The lowest BCUT2D eigenvalue weighted by molar-refractivity contribution is -0.127. The van der Waals surface area contributed by atoms with Crippen LogP contribution in [-0.4, -0.2) is 75.8 Å². The lowest BCUT2D eigenvalue weighted by Gasteiger charge is -2.40. The highest BCUT2D eigenvalue weighted by Crippen LogP contribution is 2.43. The lowest BCUT2D eigenvalue weighted by atomic mass is 9.90. The minimum Gasteiger partial charge on any atom is -0.444 e. The van der Waals surface area contributed by atoms with Crippen LogP contribution in [0.4, 0.5) is 4.79 Å². The molecule has 0 radical (unpaired) electrons. The molecule has 1 aliphatic heterocycles. The normalized spacial score (nSPS) is 19.5. The molecule has 0 saturated carbocycles. The number of allylic oxidation sites excluding steroid dienone is 3. The van der Waals surface area contributed by atoms with Gasteiger partial charge in [-0.1, -0.05) is 29.8 Å².